The molecule has 1 aliphatic carbocycles. The van der Waals surface area contributed by atoms with E-state index in [0.717, 1.165) is 30.4 Å². The molecule has 2 aliphatic rings. The second-order valence-electron chi connectivity index (χ2n) is 8.42. The highest BCUT2D eigenvalue weighted by molar-refractivity contribution is 5.96. The van der Waals surface area contributed by atoms with Crippen molar-refractivity contribution in [3.8, 4) is 5.75 Å². The minimum atomic E-state index is -0.627. The molecule has 3 atom stereocenters. The number of pyridine rings is 1. The van der Waals surface area contributed by atoms with Gasteiger partial charge in [0.05, 0.1) is 12.1 Å². The molecule has 6 nitrogen and oxygen atoms in total. The van der Waals surface area contributed by atoms with Gasteiger partial charge in [-0.25, -0.2) is 0 Å². The molecule has 32 heavy (non-hydrogen) atoms. The molecule has 1 N–H and O–H groups in total. The first-order valence-corrected chi connectivity index (χ1v) is 11.0. The van der Waals surface area contributed by atoms with Crippen LogP contribution in [0.2, 0.25) is 0 Å². The van der Waals surface area contributed by atoms with Gasteiger partial charge in [0, 0.05) is 19.4 Å². The maximum Gasteiger partial charge on any atom is 0.272 e. The van der Waals surface area contributed by atoms with E-state index in [9.17, 15) is 9.59 Å². The molecular formula is C26H26N2O4. The van der Waals surface area contributed by atoms with Gasteiger partial charge in [0.1, 0.15) is 12.2 Å². The van der Waals surface area contributed by atoms with E-state index in [1.54, 1.807) is 13.3 Å². The Kier molecular flexibility index (Phi) is 5.31. The molecule has 0 bridgehead atoms. The summed E-state index contributed by atoms with van der Waals surface area (Å²) >= 11 is 0. The summed E-state index contributed by atoms with van der Waals surface area (Å²) in [7, 11) is 1.72. The van der Waals surface area contributed by atoms with Crippen LogP contribution in [0, 0.1) is 0 Å². The Morgan fingerprint density at radius 2 is 1.75 bits per heavy atom. The summed E-state index contributed by atoms with van der Waals surface area (Å²) in [5, 5.41) is 3.14. The normalized spacial score (nSPS) is 24.2. The van der Waals surface area contributed by atoms with Crippen LogP contribution in [-0.4, -0.2) is 23.6 Å². The summed E-state index contributed by atoms with van der Waals surface area (Å²) in [6.07, 6.45) is 4.30. The van der Waals surface area contributed by atoms with Crippen molar-refractivity contribution in [1.29, 1.82) is 0 Å². The number of hydrogen-bond donors (Lipinski definition) is 1. The summed E-state index contributed by atoms with van der Waals surface area (Å²) in [6.45, 7) is 0.211. The third-order valence-electron chi connectivity index (χ3n) is 6.69. The Labute approximate surface area is 186 Å². The minimum absolute atomic E-state index is 0.0796. The molecule has 6 heteroatoms. The smallest absolute Gasteiger partial charge is 0.272 e. The average Bonchev–Trinajstić information content (AvgIpc) is 2.84. The van der Waals surface area contributed by atoms with Crippen molar-refractivity contribution < 1.29 is 14.3 Å². The van der Waals surface area contributed by atoms with Crippen LogP contribution in [0.3, 0.4) is 0 Å². The quantitative estimate of drug-likeness (QED) is 0.668. The van der Waals surface area contributed by atoms with Crippen LogP contribution in [-0.2, 0) is 16.9 Å². The molecule has 3 aromatic rings. The van der Waals surface area contributed by atoms with Gasteiger partial charge < -0.3 is 19.4 Å². The Balaban J connectivity index is 1.62. The van der Waals surface area contributed by atoms with Crippen LogP contribution in [0.4, 0.5) is 0 Å². The molecule has 164 valence electrons. The zero-order valence-corrected chi connectivity index (χ0v) is 18.0. The molecule has 1 fully saturated rings. The summed E-state index contributed by atoms with van der Waals surface area (Å²) in [5.74, 6) is -0.206. The summed E-state index contributed by atoms with van der Waals surface area (Å²) in [4.78, 5) is 25.9. The Hall–Kier alpha value is -3.38. The average molecular weight is 431 g/mol. The molecular weight excluding hydrogens is 404 g/mol. The number of carbonyl (C=O) groups excluding carboxylic acids is 1. The van der Waals surface area contributed by atoms with Crippen molar-refractivity contribution in [2.45, 2.75) is 43.6 Å². The molecule has 3 unspecified atom stereocenters. The van der Waals surface area contributed by atoms with Gasteiger partial charge in [-0.3, -0.25) is 9.59 Å². The highest BCUT2D eigenvalue weighted by Crippen LogP contribution is 2.49. The fourth-order valence-electron chi connectivity index (χ4n) is 5.25. The van der Waals surface area contributed by atoms with Gasteiger partial charge in [0.2, 0.25) is 5.43 Å². The third-order valence-corrected chi connectivity index (χ3v) is 6.69. The molecule has 1 aromatic heterocycles. The van der Waals surface area contributed by atoms with E-state index in [4.69, 9.17) is 9.47 Å². The predicted molar refractivity (Wildman–Crippen MR) is 121 cm³/mol. The lowest BCUT2D eigenvalue weighted by atomic mass is 9.71. The first-order valence-electron chi connectivity index (χ1n) is 11.0. The number of methoxy groups -OCH3 is 1. The van der Waals surface area contributed by atoms with Gasteiger partial charge in [0.25, 0.3) is 5.91 Å². The highest BCUT2D eigenvalue weighted by Gasteiger charge is 2.52. The number of hydrogen-bond acceptors (Lipinski definition) is 4. The van der Waals surface area contributed by atoms with Crippen molar-refractivity contribution in [1.82, 2.24) is 9.88 Å². The highest BCUT2D eigenvalue weighted by atomic mass is 16.5. The van der Waals surface area contributed by atoms with Gasteiger partial charge in [-0.2, -0.15) is 0 Å². The second kappa shape index (κ2) is 8.28. The maximum atomic E-state index is 13.2. The number of carbonyl (C=O) groups is 1. The molecule has 1 amide bonds. The van der Waals surface area contributed by atoms with Gasteiger partial charge in [-0.1, -0.05) is 60.7 Å². The fraction of sp³-hybridized carbons (Fsp3) is 0.308. The summed E-state index contributed by atoms with van der Waals surface area (Å²) in [6, 6.07) is 20.9. The van der Waals surface area contributed by atoms with E-state index in [1.165, 1.54) is 6.07 Å². The Morgan fingerprint density at radius 3 is 2.47 bits per heavy atom. The van der Waals surface area contributed by atoms with E-state index >= 15 is 0 Å². The van der Waals surface area contributed by atoms with Crippen molar-refractivity contribution in [3.05, 3.63) is 100.0 Å². The van der Waals surface area contributed by atoms with E-state index < -0.39 is 5.60 Å². The number of fused-ring (bicyclic) bond motifs is 3. The predicted octanol–water partition coefficient (Wildman–Crippen LogP) is 3.81. The van der Waals surface area contributed by atoms with Crippen LogP contribution in [0.15, 0.2) is 77.7 Å². The lowest BCUT2D eigenvalue weighted by Gasteiger charge is -2.51. The SMILES string of the molecule is COC1(c2ccccc2)CCCC2NC(=O)c3c(OCc4ccccc4)c(=O)ccn3C21. The number of aromatic nitrogens is 1. The molecule has 0 spiro atoms. The van der Waals surface area contributed by atoms with Gasteiger partial charge in [0.15, 0.2) is 11.4 Å². The largest absolute Gasteiger partial charge is 0.483 e. The van der Waals surface area contributed by atoms with Crippen LogP contribution in [0.5, 0.6) is 5.75 Å². The number of nitrogens with zero attached hydrogens (tertiary/aromatic N) is 1. The third kappa shape index (κ3) is 3.31. The molecule has 1 saturated carbocycles. The summed E-state index contributed by atoms with van der Waals surface area (Å²) < 4.78 is 14.1. The van der Waals surface area contributed by atoms with Crippen LogP contribution >= 0.6 is 0 Å². The minimum Gasteiger partial charge on any atom is -0.483 e. The van der Waals surface area contributed by atoms with Gasteiger partial charge >= 0.3 is 0 Å². The maximum absolute atomic E-state index is 13.2. The first kappa shape index (κ1) is 20.5. The molecule has 1 aliphatic heterocycles. The fourth-order valence-corrected chi connectivity index (χ4v) is 5.25. The Morgan fingerprint density at radius 1 is 1.03 bits per heavy atom. The van der Waals surface area contributed by atoms with E-state index in [2.05, 4.69) is 17.4 Å². The summed E-state index contributed by atoms with van der Waals surface area (Å²) in [5.41, 5.74) is 1.31. The van der Waals surface area contributed by atoms with Crippen molar-refractivity contribution in [3.63, 3.8) is 0 Å². The van der Waals surface area contributed by atoms with Crippen LogP contribution in [0.1, 0.15) is 46.9 Å². The van der Waals surface area contributed by atoms with Crippen LogP contribution < -0.4 is 15.5 Å². The van der Waals surface area contributed by atoms with Crippen molar-refractivity contribution >= 4 is 5.91 Å². The lowest BCUT2D eigenvalue weighted by Crippen LogP contribution is -2.58. The molecule has 0 saturated heterocycles. The van der Waals surface area contributed by atoms with Gasteiger partial charge in [-0.15, -0.1) is 0 Å². The van der Waals surface area contributed by atoms with Crippen molar-refractivity contribution in [2.24, 2.45) is 0 Å². The molecule has 5 rings (SSSR count). The molecule has 2 aromatic carbocycles. The number of benzene rings is 2. The van der Waals surface area contributed by atoms with Crippen LogP contribution in [0.25, 0.3) is 0 Å². The topological polar surface area (TPSA) is 69.6 Å². The van der Waals surface area contributed by atoms with Gasteiger partial charge in [-0.05, 0) is 30.4 Å². The van der Waals surface area contributed by atoms with Crippen molar-refractivity contribution in [2.75, 3.05) is 7.11 Å². The zero-order chi connectivity index (χ0) is 22.1. The number of amides is 1. The number of rotatable bonds is 5. The van der Waals surface area contributed by atoms with E-state index in [-0.39, 0.29) is 41.5 Å². The standard InChI is InChI=1S/C26H26N2O4/c1-31-26(19-11-6-3-7-12-19)15-8-13-20-24(26)28-16-14-21(29)23(22(28)25(30)27-20)32-17-18-9-4-2-5-10-18/h2-7,9-12,14,16,20,24H,8,13,15,17H2,1H3,(H,27,30). The Bertz CT molecular complexity index is 1180. The second-order valence-corrected chi connectivity index (χ2v) is 8.42. The molecule has 0 radical (unpaired) electrons. The number of ether oxygens (including phenoxy) is 2. The van der Waals surface area contributed by atoms with E-state index in [1.807, 2.05) is 53.1 Å². The number of nitrogens with one attached hydrogen (secondary N) is 1. The van der Waals surface area contributed by atoms with E-state index in [0.29, 0.717) is 0 Å². The molecule has 2 heterocycles. The zero-order valence-electron chi connectivity index (χ0n) is 18.0. The lowest BCUT2D eigenvalue weighted by molar-refractivity contribution is -0.0962. The first-order chi connectivity index (χ1) is 15.6. The monoisotopic (exact) mass is 430 g/mol.